The second-order valence-electron chi connectivity index (χ2n) is 6.87. The van der Waals surface area contributed by atoms with Gasteiger partial charge in [-0.25, -0.2) is 13.4 Å². The lowest BCUT2D eigenvalue weighted by Gasteiger charge is -2.32. The summed E-state index contributed by atoms with van der Waals surface area (Å²) in [6, 6.07) is 3.04. The van der Waals surface area contributed by atoms with E-state index in [-0.39, 0.29) is 34.3 Å². The number of amides is 1. The maximum absolute atomic E-state index is 13.0. The van der Waals surface area contributed by atoms with Crippen LogP contribution < -0.4 is 5.32 Å². The van der Waals surface area contributed by atoms with Crippen molar-refractivity contribution in [3.63, 3.8) is 0 Å². The van der Waals surface area contributed by atoms with Gasteiger partial charge in [0, 0.05) is 19.0 Å². The molecule has 1 aliphatic rings. The molecule has 0 bridgehead atoms. The fraction of sp³-hybridized carbons (Fsp3) is 0.368. The van der Waals surface area contributed by atoms with Crippen LogP contribution in [0.4, 0.5) is 0 Å². The molecule has 0 aromatic carbocycles. The average molecular weight is 438 g/mol. The summed E-state index contributed by atoms with van der Waals surface area (Å²) in [5.74, 6) is 0.386. The van der Waals surface area contributed by atoms with Gasteiger partial charge in [0.15, 0.2) is 21.5 Å². The maximum Gasteiger partial charge on any atom is 0.294 e. The quantitative estimate of drug-likeness (QED) is 0.688. The zero-order valence-corrected chi connectivity index (χ0v) is 18.4. The molecule has 0 radical (unpaired) electrons. The molecule has 1 N–H and O–H groups in total. The predicted molar refractivity (Wildman–Crippen MR) is 114 cm³/mol. The van der Waals surface area contributed by atoms with Crippen molar-refractivity contribution in [3.8, 4) is 0 Å². The molecule has 8 nitrogen and oxygen atoms in total. The molecule has 0 saturated carbocycles. The van der Waals surface area contributed by atoms with E-state index in [1.54, 1.807) is 19.1 Å². The normalized spacial score (nSPS) is 19.3. The number of carbonyl (C=O) groups excluding carboxylic acids is 1. The third kappa shape index (κ3) is 5.98. The fourth-order valence-electron chi connectivity index (χ4n) is 2.57. The lowest BCUT2D eigenvalue weighted by molar-refractivity contribution is -0.121. The van der Waals surface area contributed by atoms with Gasteiger partial charge >= 0.3 is 0 Å². The van der Waals surface area contributed by atoms with Gasteiger partial charge < -0.3 is 5.32 Å². The number of pyridine rings is 1. The monoisotopic (exact) mass is 437 g/mol. The van der Waals surface area contributed by atoms with Crippen molar-refractivity contribution in [3.05, 3.63) is 47.5 Å². The Balaban J connectivity index is 2.33. The highest BCUT2D eigenvalue weighted by molar-refractivity contribution is 7.90. The van der Waals surface area contributed by atoms with Crippen molar-refractivity contribution in [1.29, 1.82) is 0 Å². The van der Waals surface area contributed by atoms with Crippen LogP contribution in [0.2, 0.25) is 0 Å². The van der Waals surface area contributed by atoms with E-state index in [0.717, 1.165) is 6.26 Å². The highest BCUT2D eigenvalue weighted by atomic mass is 35.5. The van der Waals surface area contributed by atoms with Crippen molar-refractivity contribution in [1.82, 2.24) is 15.2 Å². The van der Waals surface area contributed by atoms with Crippen LogP contribution in [0.25, 0.3) is 0 Å². The zero-order valence-electron chi connectivity index (χ0n) is 16.8. The van der Waals surface area contributed by atoms with E-state index < -0.39 is 9.84 Å². The Labute approximate surface area is 176 Å². The Hall–Kier alpha value is -2.52. The molecular weight excluding hydrogens is 414 g/mol. The molecule has 29 heavy (non-hydrogen) atoms. The Bertz CT molecular complexity index is 995. The van der Waals surface area contributed by atoms with Crippen molar-refractivity contribution in [2.75, 3.05) is 12.8 Å². The second kappa shape index (κ2) is 9.32. The molecule has 1 fully saturated rings. The largest absolute Gasteiger partial charge is 0.333 e. The number of halogens is 1. The first-order chi connectivity index (χ1) is 13.5. The van der Waals surface area contributed by atoms with Gasteiger partial charge in [-0.3, -0.25) is 19.7 Å². The first-order valence-electron chi connectivity index (χ1n) is 8.91. The molecule has 0 unspecified atom stereocenters. The summed E-state index contributed by atoms with van der Waals surface area (Å²) >= 11 is 5.85. The molecule has 10 heteroatoms. The van der Waals surface area contributed by atoms with Crippen molar-refractivity contribution in [2.45, 2.75) is 32.2 Å². The summed E-state index contributed by atoms with van der Waals surface area (Å²) in [6.07, 6.45) is 4.17. The second-order valence-corrected chi connectivity index (χ2v) is 9.32. The third-order valence-corrected chi connectivity index (χ3v) is 5.07. The minimum atomic E-state index is -3.32. The van der Waals surface area contributed by atoms with Crippen LogP contribution in [0.15, 0.2) is 56.7 Å². The van der Waals surface area contributed by atoms with E-state index in [9.17, 15) is 13.2 Å². The van der Waals surface area contributed by atoms with Crippen molar-refractivity contribution in [2.24, 2.45) is 15.9 Å². The van der Waals surface area contributed by atoms with Crippen LogP contribution in [0.3, 0.4) is 0 Å². The van der Waals surface area contributed by atoms with Crippen LogP contribution in [0.1, 0.15) is 26.5 Å². The first kappa shape index (κ1) is 22.8. The van der Waals surface area contributed by atoms with Gasteiger partial charge in [0.05, 0.1) is 22.8 Å². The standard InChI is InChI=1S/C19H24ClN5O3S/c1-6-16-18(23-13(4)20)25(11-12(2)3)19(26)17(24-16)22-9-14-7-8-15(10-21-14)29(5,27)28/h6-8,10,12H,4,9,11H2,1-3,5H3,(H,22,24)/b16-6+,23-18?. The number of nitrogens with one attached hydrogen (secondary N) is 1. The average Bonchev–Trinajstić information content (AvgIpc) is 2.63. The van der Waals surface area contributed by atoms with E-state index >= 15 is 0 Å². The zero-order chi connectivity index (χ0) is 21.8. The third-order valence-electron chi connectivity index (χ3n) is 3.89. The van der Waals surface area contributed by atoms with Crippen molar-refractivity contribution >= 4 is 39.0 Å². The number of piperazine rings is 1. The van der Waals surface area contributed by atoms with Crippen LogP contribution in [0.5, 0.6) is 0 Å². The number of aromatic nitrogens is 1. The lowest BCUT2D eigenvalue weighted by Crippen LogP contribution is -2.55. The number of rotatable bonds is 6. The number of sulfone groups is 1. The molecular formula is C19H24ClN5O3S. The Morgan fingerprint density at radius 1 is 1.41 bits per heavy atom. The van der Waals surface area contributed by atoms with Crippen LogP contribution in [-0.2, 0) is 21.2 Å². The highest BCUT2D eigenvalue weighted by Crippen LogP contribution is 2.16. The number of hydrogen-bond acceptors (Lipinski definition) is 6. The minimum Gasteiger partial charge on any atom is -0.333 e. The lowest BCUT2D eigenvalue weighted by atomic mass is 10.1. The van der Waals surface area contributed by atoms with Gasteiger partial charge in [-0.1, -0.05) is 38.1 Å². The minimum absolute atomic E-state index is 0.0678. The smallest absolute Gasteiger partial charge is 0.294 e. The predicted octanol–water partition coefficient (Wildman–Crippen LogP) is 2.48. The summed E-state index contributed by atoms with van der Waals surface area (Å²) < 4.78 is 23.1. The molecule has 0 spiro atoms. The topological polar surface area (TPSA) is 104 Å². The van der Waals surface area contributed by atoms with Gasteiger partial charge in [0.25, 0.3) is 5.91 Å². The SMILES string of the molecule is C=C(Cl)N=C1/C(=C\C)NC(=NCc2ccc(S(C)(=O)=O)cn2)C(=O)N1CC(C)C. The van der Waals surface area contributed by atoms with Crippen LogP contribution in [-0.4, -0.2) is 48.7 Å². The van der Waals surface area contributed by atoms with Gasteiger partial charge in [-0.05, 0) is 25.0 Å². The van der Waals surface area contributed by atoms with E-state index in [1.807, 2.05) is 13.8 Å². The van der Waals surface area contributed by atoms with Gasteiger partial charge in [0.2, 0.25) is 0 Å². The Morgan fingerprint density at radius 3 is 2.59 bits per heavy atom. The van der Waals surface area contributed by atoms with Gasteiger partial charge in [-0.2, -0.15) is 0 Å². The van der Waals surface area contributed by atoms with E-state index in [4.69, 9.17) is 11.6 Å². The van der Waals surface area contributed by atoms with E-state index in [2.05, 4.69) is 26.9 Å². The van der Waals surface area contributed by atoms with Gasteiger partial charge in [-0.15, -0.1) is 0 Å². The summed E-state index contributed by atoms with van der Waals surface area (Å²) in [6.45, 7) is 9.90. The van der Waals surface area contributed by atoms with Crippen LogP contribution in [0, 0.1) is 5.92 Å². The Kier molecular flexibility index (Phi) is 7.32. The molecule has 2 rings (SSSR count). The fourth-order valence-corrected chi connectivity index (χ4v) is 3.21. The molecule has 0 aliphatic carbocycles. The number of nitrogens with zero attached hydrogens (tertiary/aromatic N) is 4. The molecule has 2 heterocycles. The summed E-state index contributed by atoms with van der Waals surface area (Å²) in [5.41, 5.74) is 1.12. The molecule has 1 aliphatic heterocycles. The van der Waals surface area contributed by atoms with Crippen LogP contribution >= 0.6 is 11.6 Å². The summed E-state index contributed by atoms with van der Waals surface area (Å²) in [7, 11) is -3.32. The number of amidine groups is 2. The molecule has 1 aromatic heterocycles. The van der Waals surface area contributed by atoms with E-state index in [1.165, 1.54) is 17.2 Å². The number of allylic oxidation sites excluding steroid dienone is 1. The summed E-state index contributed by atoms with van der Waals surface area (Å²) in [5, 5.41) is 3.05. The maximum atomic E-state index is 13.0. The number of hydrogen-bond donors (Lipinski definition) is 1. The molecule has 1 amide bonds. The van der Waals surface area contributed by atoms with E-state index in [0.29, 0.717) is 23.8 Å². The highest BCUT2D eigenvalue weighted by Gasteiger charge is 2.33. The first-order valence-corrected chi connectivity index (χ1v) is 11.2. The molecule has 1 aromatic rings. The summed E-state index contributed by atoms with van der Waals surface area (Å²) in [4.78, 5) is 27.3. The Morgan fingerprint density at radius 2 is 2.10 bits per heavy atom. The van der Waals surface area contributed by atoms with Crippen molar-refractivity contribution < 1.29 is 13.2 Å². The number of aliphatic imine (C=N–C) groups is 2. The molecule has 1 saturated heterocycles. The van der Waals surface area contributed by atoms with Gasteiger partial charge in [0.1, 0.15) is 5.16 Å². The molecule has 156 valence electrons. The molecule has 0 atom stereocenters. The number of carbonyl (C=O) groups is 1.